The summed E-state index contributed by atoms with van der Waals surface area (Å²) in [5.74, 6) is 1.55. The minimum Gasteiger partial charge on any atom is -0.494 e. The SMILES string of the molecule is CCOc1cc(C(C)(C)C)c2op(OC(C)CC(C)Op3oc4c(C(C)(C)C)cc(C)cc4c4cc(C)cc(C(C)(C)C)c4o3)oc3c(C(C)(C)C)cc(OCC)cc3c2c1. The van der Waals surface area contributed by atoms with Gasteiger partial charge in [-0.15, -0.1) is 0 Å². The molecule has 6 aromatic rings. The maximum absolute atomic E-state index is 6.94. The molecule has 8 nitrogen and oxygen atoms in total. The van der Waals surface area contributed by atoms with E-state index >= 15 is 0 Å². The fourth-order valence-corrected chi connectivity index (χ4v) is 10.3. The number of aryl methyl sites for hydroxylation is 2. The molecular formula is C51H70O8P2. The van der Waals surface area contributed by atoms with Crippen LogP contribution in [-0.4, -0.2) is 25.4 Å². The van der Waals surface area contributed by atoms with Gasteiger partial charge in [0.2, 0.25) is 0 Å². The zero-order valence-electron chi connectivity index (χ0n) is 40.1. The highest BCUT2D eigenvalue weighted by atomic mass is 31.1. The van der Waals surface area contributed by atoms with Crippen LogP contribution in [0.1, 0.15) is 151 Å². The van der Waals surface area contributed by atoms with E-state index in [1.54, 1.807) is 0 Å². The van der Waals surface area contributed by atoms with Gasteiger partial charge in [0.1, 0.15) is 33.8 Å². The average Bonchev–Trinajstić information content (AvgIpc) is 3.36. The van der Waals surface area contributed by atoms with Crippen LogP contribution in [0.15, 0.2) is 65.3 Å². The van der Waals surface area contributed by atoms with Crippen molar-refractivity contribution < 1.29 is 35.3 Å². The van der Waals surface area contributed by atoms with Gasteiger partial charge < -0.3 is 26.3 Å². The van der Waals surface area contributed by atoms with Gasteiger partial charge in [-0.1, -0.05) is 95.2 Å². The second-order valence-electron chi connectivity index (χ2n) is 20.8. The third-order valence-electron chi connectivity index (χ3n) is 10.9. The molecule has 0 radical (unpaired) electrons. The molecule has 4 aromatic carbocycles. The molecule has 0 saturated heterocycles. The van der Waals surface area contributed by atoms with E-state index in [4.69, 9.17) is 35.3 Å². The number of hydrogen-bond donors (Lipinski definition) is 0. The summed E-state index contributed by atoms with van der Waals surface area (Å²) in [6, 6.07) is 17.2. The van der Waals surface area contributed by atoms with E-state index in [1.165, 1.54) is 11.1 Å². The fourth-order valence-electron chi connectivity index (χ4n) is 7.94. The van der Waals surface area contributed by atoms with E-state index in [2.05, 4.69) is 145 Å². The second-order valence-corrected chi connectivity index (χ2v) is 22.9. The van der Waals surface area contributed by atoms with E-state index in [9.17, 15) is 0 Å². The lowest BCUT2D eigenvalue weighted by molar-refractivity contribution is 0.184. The first-order valence-electron chi connectivity index (χ1n) is 21.9. The molecule has 0 amide bonds. The minimum atomic E-state index is -1.93. The Kier molecular flexibility index (Phi) is 13.3. The zero-order valence-corrected chi connectivity index (χ0v) is 41.8. The first-order chi connectivity index (χ1) is 28.3. The van der Waals surface area contributed by atoms with Crippen LogP contribution in [0, 0.1) is 13.8 Å². The minimum absolute atomic E-state index is 0.181. The van der Waals surface area contributed by atoms with Crippen molar-refractivity contribution in [2.24, 2.45) is 0 Å². The molecule has 0 N–H and O–H groups in total. The highest BCUT2D eigenvalue weighted by Crippen LogP contribution is 2.46. The Morgan fingerprint density at radius 2 is 0.721 bits per heavy atom. The third-order valence-corrected chi connectivity index (χ3v) is 13.3. The van der Waals surface area contributed by atoms with E-state index in [0.29, 0.717) is 19.6 Å². The number of hydrogen-bond acceptors (Lipinski definition) is 8. The molecule has 0 bridgehead atoms. The average molecular weight is 873 g/mol. The van der Waals surface area contributed by atoms with Crippen molar-refractivity contribution in [1.82, 2.24) is 0 Å². The molecular weight excluding hydrogens is 803 g/mol. The molecule has 0 fully saturated rings. The molecule has 0 aliphatic heterocycles. The number of fused-ring (bicyclic) bond motifs is 6. The topological polar surface area (TPSA) is 89.5 Å². The molecule has 6 rings (SSSR count). The van der Waals surface area contributed by atoms with Crippen molar-refractivity contribution in [3.63, 3.8) is 0 Å². The summed E-state index contributed by atoms with van der Waals surface area (Å²) >= 11 is 0. The normalized spacial score (nSPS) is 13.9. The Morgan fingerprint density at radius 3 is 1.00 bits per heavy atom. The number of benzene rings is 4. The van der Waals surface area contributed by atoms with E-state index in [1.807, 2.05) is 27.7 Å². The Balaban J connectivity index is 1.49. The van der Waals surface area contributed by atoms with Crippen molar-refractivity contribution in [3.8, 4) is 11.5 Å². The number of rotatable bonds is 10. The van der Waals surface area contributed by atoms with Crippen LogP contribution >= 0.6 is 16.5 Å². The van der Waals surface area contributed by atoms with Gasteiger partial charge >= 0.3 is 16.5 Å². The molecule has 10 heteroatoms. The van der Waals surface area contributed by atoms with Gasteiger partial charge in [0, 0.05) is 50.2 Å². The van der Waals surface area contributed by atoms with Gasteiger partial charge in [0.15, 0.2) is 0 Å². The smallest absolute Gasteiger partial charge is 0.387 e. The van der Waals surface area contributed by atoms with Gasteiger partial charge in [-0.25, -0.2) is 0 Å². The predicted octanol–water partition coefficient (Wildman–Crippen LogP) is 16.2. The second kappa shape index (κ2) is 17.4. The van der Waals surface area contributed by atoms with Crippen molar-refractivity contribution in [1.29, 1.82) is 0 Å². The van der Waals surface area contributed by atoms with Gasteiger partial charge in [0.05, 0.1) is 25.4 Å². The molecule has 0 aliphatic carbocycles. The molecule has 332 valence electrons. The van der Waals surface area contributed by atoms with E-state index in [-0.39, 0.29) is 33.9 Å². The predicted molar refractivity (Wildman–Crippen MR) is 256 cm³/mol. The molecule has 0 spiro atoms. The standard InChI is InChI=1S/C51H70O8P2/c1-19-52-34-26-38-39-27-35(53-20-2)29-43(51(16,17)18)47(39)59-61(58-46(38)42(28-34)50(13,14)15)55-33(6)25-32(5)54-60-56-44-36(21-30(3)23-40(44)48(7,8)9)37-22-31(4)24-41(45(37)57-60)49(10,11)12/h21-24,26-29,32-33H,19-20,25H2,1-18H3. The van der Waals surface area contributed by atoms with E-state index < -0.39 is 16.5 Å². The summed E-state index contributed by atoms with van der Waals surface area (Å²) in [6.07, 6.45) is -0.103. The highest BCUT2D eigenvalue weighted by Gasteiger charge is 2.29. The lowest BCUT2D eigenvalue weighted by atomic mass is 9.83. The van der Waals surface area contributed by atoms with Crippen LogP contribution in [0.4, 0.5) is 0 Å². The molecule has 2 unspecified atom stereocenters. The Morgan fingerprint density at radius 1 is 0.443 bits per heavy atom. The molecule has 2 aromatic heterocycles. The lowest BCUT2D eigenvalue weighted by Crippen LogP contribution is -2.21. The van der Waals surface area contributed by atoms with Crippen LogP contribution in [0.3, 0.4) is 0 Å². The summed E-state index contributed by atoms with van der Waals surface area (Å²) in [5, 5.41) is 3.83. The quantitative estimate of drug-likeness (QED) is 0.134. The summed E-state index contributed by atoms with van der Waals surface area (Å²) < 4.78 is 53.7. The van der Waals surface area contributed by atoms with Gasteiger partial charge in [-0.3, -0.25) is 9.05 Å². The maximum atomic E-state index is 6.94. The van der Waals surface area contributed by atoms with Crippen molar-refractivity contribution >= 4 is 60.4 Å². The van der Waals surface area contributed by atoms with Gasteiger partial charge in [-0.2, -0.15) is 0 Å². The lowest BCUT2D eigenvalue weighted by Gasteiger charge is -2.22. The summed E-state index contributed by atoms with van der Waals surface area (Å²) in [5.41, 5.74) is 8.75. The van der Waals surface area contributed by atoms with Gasteiger partial charge in [0.25, 0.3) is 0 Å². The molecule has 2 heterocycles. The van der Waals surface area contributed by atoms with Gasteiger partial charge in [-0.05, 0) is 111 Å². The fraction of sp³-hybridized carbons (Fsp3) is 0.529. The monoisotopic (exact) mass is 872 g/mol. The molecule has 61 heavy (non-hydrogen) atoms. The van der Waals surface area contributed by atoms with Crippen LogP contribution in [0.5, 0.6) is 11.5 Å². The highest BCUT2D eigenvalue weighted by molar-refractivity contribution is 7.32. The summed E-state index contributed by atoms with van der Waals surface area (Å²) in [6.45, 7) is 39.9. The van der Waals surface area contributed by atoms with Crippen molar-refractivity contribution in [2.45, 2.75) is 165 Å². The Bertz CT molecular complexity index is 2470. The Hall–Kier alpha value is -3.80. The van der Waals surface area contributed by atoms with Crippen LogP contribution in [0.25, 0.3) is 43.9 Å². The van der Waals surface area contributed by atoms with Crippen molar-refractivity contribution in [2.75, 3.05) is 13.2 Å². The molecule has 0 aliphatic rings. The largest absolute Gasteiger partial charge is 0.494 e. The maximum Gasteiger partial charge on any atom is 0.387 e. The van der Waals surface area contributed by atoms with Crippen molar-refractivity contribution in [3.05, 3.63) is 81.9 Å². The summed E-state index contributed by atoms with van der Waals surface area (Å²) in [4.78, 5) is 0. The molecule has 2 atom stereocenters. The first-order valence-corrected chi connectivity index (χ1v) is 24.1. The molecule has 0 saturated carbocycles. The van der Waals surface area contributed by atoms with Crippen LogP contribution in [-0.2, 0) is 21.7 Å². The zero-order chi connectivity index (χ0) is 45.0. The summed E-state index contributed by atoms with van der Waals surface area (Å²) in [7, 11) is -3.80. The van der Waals surface area contributed by atoms with Crippen LogP contribution < -0.4 is 18.5 Å². The van der Waals surface area contributed by atoms with Crippen LogP contribution in [0.2, 0.25) is 0 Å². The number of ether oxygens (including phenoxy) is 2. The third kappa shape index (κ3) is 10.4. The Labute approximate surface area is 365 Å². The van der Waals surface area contributed by atoms with E-state index in [0.717, 1.165) is 77.6 Å². The first kappa shape index (κ1) is 46.7.